The molecule has 1 aromatic heterocycles. The summed E-state index contributed by atoms with van der Waals surface area (Å²) in [4.78, 5) is 0.869. The second-order valence-corrected chi connectivity index (χ2v) is 4.85. The fourth-order valence-electron chi connectivity index (χ4n) is 1.36. The Kier molecular flexibility index (Phi) is 3.77. The third-order valence-corrected chi connectivity index (χ3v) is 3.94. The van der Waals surface area contributed by atoms with Crippen LogP contribution in [-0.4, -0.2) is 10.1 Å². The molecule has 0 fully saturated rings. The minimum Gasteiger partial charge on any atom is -0.197 e. The third kappa shape index (κ3) is 2.47. The van der Waals surface area contributed by atoms with Crippen LogP contribution in [-0.2, 0) is 0 Å². The summed E-state index contributed by atoms with van der Waals surface area (Å²) in [7, 11) is 0. The van der Waals surface area contributed by atoms with Crippen molar-refractivity contribution in [1.29, 1.82) is 10.5 Å². The summed E-state index contributed by atoms with van der Waals surface area (Å²) in [5.74, 6) is 0.312. The van der Waals surface area contributed by atoms with E-state index in [9.17, 15) is 0 Å². The number of hydrogen-bond acceptors (Lipinski definition) is 5. The van der Waals surface area contributed by atoms with Gasteiger partial charge in [0.25, 0.3) is 0 Å². The lowest BCUT2D eigenvalue weighted by atomic mass is 10.1. The van der Waals surface area contributed by atoms with E-state index < -0.39 is 0 Å². The van der Waals surface area contributed by atoms with Crippen molar-refractivity contribution in [3.63, 3.8) is 0 Å². The lowest BCUT2D eigenvalue weighted by Gasteiger charge is -1.96. The number of nitrogens with zero attached hydrogens (tertiary/aromatic N) is 3. The molecule has 0 amide bonds. The molecule has 2 aromatic rings. The van der Waals surface area contributed by atoms with Crippen molar-refractivity contribution >= 4 is 23.3 Å². The van der Waals surface area contributed by atoms with Crippen LogP contribution in [0.4, 0.5) is 0 Å². The van der Waals surface area contributed by atoms with Crippen molar-refractivity contribution in [1.82, 2.24) is 4.37 Å². The lowest BCUT2D eigenvalue weighted by Crippen LogP contribution is -1.81. The predicted octanol–water partition coefficient (Wildman–Crippen LogP) is 3.30. The van der Waals surface area contributed by atoms with Crippen molar-refractivity contribution in [3.05, 3.63) is 35.9 Å². The van der Waals surface area contributed by atoms with Crippen LogP contribution < -0.4 is 0 Å². The number of aromatic nitrogens is 1. The Morgan fingerprint density at radius 1 is 1.24 bits per heavy atom. The Morgan fingerprint density at radius 3 is 2.65 bits per heavy atom. The summed E-state index contributed by atoms with van der Waals surface area (Å²) in [6.07, 6.45) is 0. The molecule has 5 heteroatoms. The molecule has 0 saturated heterocycles. The van der Waals surface area contributed by atoms with Crippen molar-refractivity contribution in [2.75, 3.05) is 5.75 Å². The summed E-state index contributed by atoms with van der Waals surface area (Å²) in [5.41, 5.74) is 1.56. The summed E-state index contributed by atoms with van der Waals surface area (Å²) in [5, 5.41) is 18.4. The molecule has 82 valence electrons. The first-order chi connectivity index (χ1) is 8.36. The number of nitriles is 2. The van der Waals surface area contributed by atoms with Crippen molar-refractivity contribution in [2.24, 2.45) is 0 Å². The standard InChI is InChI=1S/C12H7N3S2/c13-6-7-16-12-10(8-14)11(17-15-12)9-4-2-1-3-5-9/h1-5H,7H2. The maximum atomic E-state index is 9.17. The van der Waals surface area contributed by atoms with Gasteiger partial charge in [0.2, 0.25) is 0 Å². The molecule has 0 aliphatic carbocycles. The van der Waals surface area contributed by atoms with E-state index in [1.54, 1.807) is 0 Å². The van der Waals surface area contributed by atoms with Crippen LogP contribution in [0.3, 0.4) is 0 Å². The highest BCUT2D eigenvalue weighted by Gasteiger charge is 2.14. The zero-order valence-electron chi connectivity index (χ0n) is 8.75. The first-order valence-electron chi connectivity index (χ1n) is 4.81. The zero-order valence-corrected chi connectivity index (χ0v) is 10.4. The van der Waals surface area contributed by atoms with E-state index in [0.717, 1.165) is 10.4 Å². The highest BCUT2D eigenvalue weighted by atomic mass is 32.2. The smallest absolute Gasteiger partial charge is 0.129 e. The van der Waals surface area contributed by atoms with Gasteiger partial charge in [0.05, 0.1) is 16.7 Å². The highest BCUT2D eigenvalue weighted by molar-refractivity contribution is 7.99. The molecule has 0 bridgehead atoms. The molecule has 0 atom stereocenters. The van der Waals surface area contributed by atoms with Crippen molar-refractivity contribution in [3.8, 4) is 22.6 Å². The van der Waals surface area contributed by atoms with Crippen LogP contribution in [0.2, 0.25) is 0 Å². The Morgan fingerprint density at radius 2 is 2.00 bits per heavy atom. The predicted molar refractivity (Wildman–Crippen MR) is 68.6 cm³/mol. The SMILES string of the molecule is N#CCSc1nsc(-c2ccccc2)c1C#N. The fourth-order valence-corrected chi connectivity index (χ4v) is 2.98. The average Bonchev–Trinajstić information content (AvgIpc) is 2.80. The molecule has 0 aliphatic heterocycles. The minimum absolute atomic E-state index is 0.312. The highest BCUT2D eigenvalue weighted by Crippen LogP contribution is 2.34. The normalized spacial score (nSPS) is 9.53. The molecule has 1 aromatic carbocycles. The van der Waals surface area contributed by atoms with Gasteiger partial charge in [-0.05, 0) is 17.1 Å². The van der Waals surface area contributed by atoms with Gasteiger partial charge in [-0.15, -0.1) is 0 Å². The van der Waals surface area contributed by atoms with Crippen LogP contribution in [0.15, 0.2) is 35.4 Å². The van der Waals surface area contributed by atoms with E-state index in [1.165, 1.54) is 23.3 Å². The Hall–Kier alpha value is -1.82. The average molecular weight is 257 g/mol. The van der Waals surface area contributed by atoms with Gasteiger partial charge in [0.15, 0.2) is 0 Å². The van der Waals surface area contributed by atoms with Crippen molar-refractivity contribution in [2.45, 2.75) is 5.03 Å². The monoisotopic (exact) mass is 257 g/mol. The topological polar surface area (TPSA) is 60.5 Å². The molecule has 0 aliphatic rings. The van der Waals surface area contributed by atoms with Gasteiger partial charge in [-0.3, -0.25) is 0 Å². The molecule has 0 spiro atoms. The van der Waals surface area contributed by atoms with Crippen LogP contribution in [0.1, 0.15) is 5.56 Å². The molecule has 2 rings (SSSR count). The molecular weight excluding hydrogens is 250 g/mol. The second kappa shape index (κ2) is 5.49. The number of thioether (sulfide) groups is 1. The van der Waals surface area contributed by atoms with Gasteiger partial charge >= 0.3 is 0 Å². The van der Waals surface area contributed by atoms with E-state index >= 15 is 0 Å². The molecule has 0 N–H and O–H groups in total. The number of hydrogen-bond donors (Lipinski definition) is 0. The van der Waals surface area contributed by atoms with Crippen LogP contribution in [0, 0.1) is 22.7 Å². The Balaban J connectivity index is 2.41. The maximum absolute atomic E-state index is 9.17. The summed E-state index contributed by atoms with van der Waals surface area (Å²) in [6.45, 7) is 0. The van der Waals surface area contributed by atoms with Gasteiger partial charge in [-0.25, -0.2) is 0 Å². The lowest BCUT2D eigenvalue weighted by molar-refractivity contribution is 1.25. The molecule has 0 saturated carbocycles. The largest absolute Gasteiger partial charge is 0.197 e. The fraction of sp³-hybridized carbons (Fsp3) is 0.0833. The molecular formula is C12H7N3S2. The van der Waals surface area contributed by atoms with Crippen LogP contribution >= 0.6 is 23.3 Å². The first kappa shape index (κ1) is 11.7. The molecule has 17 heavy (non-hydrogen) atoms. The quantitative estimate of drug-likeness (QED) is 0.791. The Bertz CT molecular complexity index is 590. The van der Waals surface area contributed by atoms with Gasteiger partial charge in [0.1, 0.15) is 16.7 Å². The number of benzene rings is 1. The summed E-state index contributed by atoms with van der Waals surface area (Å²) < 4.78 is 4.23. The van der Waals surface area contributed by atoms with Crippen LogP contribution in [0.25, 0.3) is 10.4 Å². The van der Waals surface area contributed by atoms with Crippen LogP contribution in [0.5, 0.6) is 0 Å². The zero-order chi connectivity index (χ0) is 12.1. The molecule has 3 nitrogen and oxygen atoms in total. The van der Waals surface area contributed by atoms with E-state index in [0.29, 0.717) is 16.3 Å². The second-order valence-electron chi connectivity index (χ2n) is 3.12. The van der Waals surface area contributed by atoms with E-state index in [4.69, 9.17) is 10.5 Å². The van der Waals surface area contributed by atoms with E-state index in [-0.39, 0.29) is 0 Å². The summed E-state index contributed by atoms with van der Waals surface area (Å²) in [6, 6.07) is 13.9. The third-order valence-electron chi connectivity index (χ3n) is 2.08. The van der Waals surface area contributed by atoms with Crippen molar-refractivity contribution < 1.29 is 0 Å². The van der Waals surface area contributed by atoms with E-state index in [1.807, 2.05) is 36.4 Å². The first-order valence-corrected chi connectivity index (χ1v) is 6.57. The molecule has 1 heterocycles. The Labute approximate surface area is 107 Å². The van der Waals surface area contributed by atoms with Gasteiger partial charge in [-0.2, -0.15) is 14.9 Å². The van der Waals surface area contributed by atoms with Gasteiger partial charge in [-0.1, -0.05) is 42.1 Å². The number of rotatable bonds is 3. The van der Waals surface area contributed by atoms with E-state index in [2.05, 4.69) is 10.4 Å². The maximum Gasteiger partial charge on any atom is 0.129 e. The summed E-state index contributed by atoms with van der Waals surface area (Å²) >= 11 is 2.60. The molecule has 0 unspecified atom stereocenters. The minimum atomic E-state index is 0.312. The molecule has 0 radical (unpaired) electrons. The van der Waals surface area contributed by atoms with Gasteiger partial charge < -0.3 is 0 Å². The van der Waals surface area contributed by atoms with Gasteiger partial charge in [0, 0.05) is 0 Å².